The van der Waals surface area contributed by atoms with Crippen LogP contribution in [-0.4, -0.2) is 56.3 Å². The second kappa shape index (κ2) is 7.60. The summed E-state index contributed by atoms with van der Waals surface area (Å²) in [4.78, 5) is 7.88. The number of rotatable bonds is 5. The van der Waals surface area contributed by atoms with E-state index >= 15 is 0 Å². The minimum Gasteiger partial charge on any atom is -0.496 e. The molecule has 3 aromatic rings. The molecule has 2 aliphatic rings. The smallest absolute Gasteiger partial charge is 0.211 e. The van der Waals surface area contributed by atoms with E-state index < -0.39 is 10.0 Å². The van der Waals surface area contributed by atoms with Crippen LogP contribution in [0, 0.1) is 17.7 Å². The molecule has 32 heavy (non-hydrogen) atoms. The van der Waals surface area contributed by atoms with Gasteiger partial charge in [0, 0.05) is 35.3 Å². The van der Waals surface area contributed by atoms with Crippen molar-refractivity contribution in [3.63, 3.8) is 0 Å². The second-order valence-electron chi connectivity index (χ2n) is 8.39. The average molecular weight is 458 g/mol. The van der Waals surface area contributed by atoms with Crippen LogP contribution in [0.1, 0.15) is 12.1 Å². The number of H-pyrrole nitrogens is 1. The normalized spacial score (nSPS) is 21.1. The highest BCUT2D eigenvalue weighted by Gasteiger charge is 2.40. The lowest BCUT2D eigenvalue weighted by Gasteiger charge is -2.13. The Morgan fingerprint density at radius 2 is 1.94 bits per heavy atom. The Morgan fingerprint density at radius 3 is 2.62 bits per heavy atom. The highest BCUT2D eigenvalue weighted by molar-refractivity contribution is 7.88. The quantitative estimate of drug-likeness (QED) is 0.632. The Hall–Kier alpha value is -2.91. The first-order valence-corrected chi connectivity index (χ1v) is 12.2. The minimum absolute atomic E-state index is 0.205. The van der Waals surface area contributed by atoms with E-state index in [0.29, 0.717) is 41.4 Å². The van der Waals surface area contributed by atoms with Crippen LogP contribution in [0.25, 0.3) is 27.7 Å². The molecule has 1 N–H and O–H groups in total. The van der Waals surface area contributed by atoms with Gasteiger partial charge in [-0.2, -0.15) is 0 Å². The lowest BCUT2D eigenvalue weighted by Crippen LogP contribution is -2.28. The SMILES string of the molecule is COc1ccc(F)cc1-c1c(OC)cnc2[nH]c(C3=CC4CN(S(C)(=O)=O)CC4C3)cc12. The molecule has 9 heteroatoms. The molecule has 1 aliphatic heterocycles. The molecule has 0 spiro atoms. The van der Waals surface area contributed by atoms with Gasteiger partial charge in [0.05, 0.1) is 26.7 Å². The Morgan fingerprint density at radius 1 is 1.16 bits per heavy atom. The van der Waals surface area contributed by atoms with Gasteiger partial charge < -0.3 is 14.5 Å². The summed E-state index contributed by atoms with van der Waals surface area (Å²) in [5, 5.41) is 0.805. The number of allylic oxidation sites excluding steroid dienone is 1. The summed E-state index contributed by atoms with van der Waals surface area (Å²) >= 11 is 0. The van der Waals surface area contributed by atoms with Crippen molar-refractivity contribution in [3.05, 3.63) is 48.0 Å². The number of aromatic amines is 1. The van der Waals surface area contributed by atoms with E-state index in [-0.39, 0.29) is 17.7 Å². The Balaban J connectivity index is 1.58. The summed E-state index contributed by atoms with van der Waals surface area (Å²) in [5.74, 6) is 1.17. The summed E-state index contributed by atoms with van der Waals surface area (Å²) in [6, 6.07) is 6.39. The fraction of sp³-hybridized carbons (Fsp3) is 0.348. The fourth-order valence-corrected chi connectivity index (χ4v) is 5.78. The predicted molar refractivity (Wildman–Crippen MR) is 121 cm³/mol. The molecule has 2 atom stereocenters. The number of halogens is 1. The maximum atomic E-state index is 14.1. The van der Waals surface area contributed by atoms with Crippen molar-refractivity contribution < 1.29 is 22.3 Å². The summed E-state index contributed by atoms with van der Waals surface area (Å²) < 4.78 is 50.5. The van der Waals surface area contributed by atoms with Crippen LogP contribution in [0.4, 0.5) is 4.39 Å². The molecule has 1 saturated heterocycles. The number of methoxy groups -OCH3 is 2. The van der Waals surface area contributed by atoms with E-state index in [1.54, 1.807) is 30.8 Å². The van der Waals surface area contributed by atoms with Crippen molar-refractivity contribution >= 4 is 26.6 Å². The molecular weight excluding hydrogens is 433 g/mol. The number of pyridine rings is 1. The molecular formula is C23H24FN3O4S. The summed E-state index contributed by atoms with van der Waals surface area (Å²) in [6.07, 6.45) is 5.83. The van der Waals surface area contributed by atoms with Gasteiger partial charge in [-0.05, 0) is 48.1 Å². The maximum Gasteiger partial charge on any atom is 0.211 e. The van der Waals surface area contributed by atoms with Crippen molar-refractivity contribution in [2.75, 3.05) is 33.6 Å². The summed E-state index contributed by atoms with van der Waals surface area (Å²) in [6.45, 7) is 1.06. The molecule has 1 aliphatic carbocycles. The van der Waals surface area contributed by atoms with Crippen molar-refractivity contribution in [1.82, 2.24) is 14.3 Å². The monoisotopic (exact) mass is 457 g/mol. The summed E-state index contributed by atoms with van der Waals surface area (Å²) in [5.41, 5.74) is 4.03. The lowest BCUT2D eigenvalue weighted by atomic mass is 9.99. The number of aromatic nitrogens is 2. The number of sulfonamides is 1. The largest absolute Gasteiger partial charge is 0.496 e. The van der Waals surface area contributed by atoms with Gasteiger partial charge in [0.1, 0.15) is 23.0 Å². The van der Waals surface area contributed by atoms with Gasteiger partial charge in [0.25, 0.3) is 0 Å². The predicted octanol–water partition coefficient (Wildman–Crippen LogP) is 3.68. The van der Waals surface area contributed by atoms with Crippen molar-refractivity contribution in [1.29, 1.82) is 0 Å². The topological polar surface area (TPSA) is 84.5 Å². The van der Waals surface area contributed by atoms with E-state index in [1.165, 1.54) is 18.4 Å². The number of ether oxygens (including phenoxy) is 2. The molecule has 5 rings (SSSR count). The van der Waals surface area contributed by atoms with E-state index in [1.807, 2.05) is 6.07 Å². The number of benzene rings is 1. The first-order valence-electron chi connectivity index (χ1n) is 10.3. The van der Waals surface area contributed by atoms with Gasteiger partial charge in [0.2, 0.25) is 10.0 Å². The lowest BCUT2D eigenvalue weighted by molar-refractivity contribution is 0.409. The average Bonchev–Trinajstić information content (AvgIpc) is 3.44. The van der Waals surface area contributed by atoms with E-state index in [4.69, 9.17) is 9.47 Å². The Kier molecular flexibility index (Phi) is 4.98. The number of nitrogens with zero attached hydrogens (tertiary/aromatic N) is 2. The van der Waals surface area contributed by atoms with E-state index in [2.05, 4.69) is 16.0 Å². The van der Waals surface area contributed by atoms with Crippen LogP contribution in [0.3, 0.4) is 0 Å². The molecule has 3 heterocycles. The second-order valence-corrected chi connectivity index (χ2v) is 10.4. The number of fused-ring (bicyclic) bond motifs is 2. The van der Waals surface area contributed by atoms with Crippen LogP contribution in [0.15, 0.2) is 36.5 Å². The van der Waals surface area contributed by atoms with Crippen molar-refractivity contribution in [3.8, 4) is 22.6 Å². The van der Waals surface area contributed by atoms with E-state index in [0.717, 1.165) is 23.1 Å². The summed E-state index contributed by atoms with van der Waals surface area (Å²) in [7, 11) is -0.0683. The van der Waals surface area contributed by atoms with Gasteiger partial charge in [-0.15, -0.1) is 0 Å². The van der Waals surface area contributed by atoms with Gasteiger partial charge in [-0.1, -0.05) is 6.08 Å². The van der Waals surface area contributed by atoms with Crippen LogP contribution < -0.4 is 9.47 Å². The molecule has 168 valence electrons. The van der Waals surface area contributed by atoms with Crippen LogP contribution in [-0.2, 0) is 10.0 Å². The van der Waals surface area contributed by atoms with Crippen molar-refractivity contribution in [2.45, 2.75) is 6.42 Å². The van der Waals surface area contributed by atoms with Gasteiger partial charge in [-0.25, -0.2) is 22.1 Å². The maximum absolute atomic E-state index is 14.1. The highest BCUT2D eigenvalue weighted by atomic mass is 32.2. The van der Waals surface area contributed by atoms with Gasteiger partial charge in [-0.3, -0.25) is 0 Å². The van der Waals surface area contributed by atoms with Crippen molar-refractivity contribution in [2.24, 2.45) is 11.8 Å². The molecule has 2 aromatic heterocycles. The number of hydrogen-bond acceptors (Lipinski definition) is 5. The first kappa shape index (κ1) is 21.0. The minimum atomic E-state index is -3.17. The highest BCUT2D eigenvalue weighted by Crippen LogP contribution is 2.45. The Bertz CT molecular complexity index is 1350. The van der Waals surface area contributed by atoms with Crippen LogP contribution in [0.2, 0.25) is 0 Å². The third-order valence-electron chi connectivity index (χ3n) is 6.44. The zero-order valence-corrected chi connectivity index (χ0v) is 18.9. The molecule has 0 radical (unpaired) electrons. The first-order chi connectivity index (χ1) is 15.3. The molecule has 0 amide bonds. The molecule has 1 fully saturated rings. The molecule has 1 aromatic carbocycles. The molecule has 0 saturated carbocycles. The standard InChI is InChI=1S/C23H24FN3O4S/c1-30-20-5-4-16(24)8-17(20)22-18-9-19(26-23(18)25-10-21(22)31-2)13-6-14-11-27(32(3,28)29)12-15(14)7-13/h4-6,8-10,14-15H,7,11-12H2,1-3H3,(H,25,26). The molecule has 7 nitrogen and oxygen atoms in total. The third kappa shape index (κ3) is 3.45. The molecule has 0 bridgehead atoms. The zero-order valence-electron chi connectivity index (χ0n) is 18.1. The van der Waals surface area contributed by atoms with Gasteiger partial charge in [0.15, 0.2) is 0 Å². The van der Waals surface area contributed by atoms with E-state index in [9.17, 15) is 12.8 Å². The van der Waals surface area contributed by atoms with Crippen LogP contribution in [0.5, 0.6) is 11.5 Å². The fourth-order valence-electron chi connectivity index (χ4n) is 4.88. The third-order valence-corrected chi connectivity index (χ3v) is 7.68. The number of nitrogens with one attached hydrogen (secondary N) is 1. The Labute approximate surface area is 185 Å². The number of hydrogen-bond donors (Lipinski definition) is 1. The molecule has 2 unspecified atom stereocenters. The van der Waals surface area contributed by atoms with Crippen LogP contribution >= 0.6 is 0 Å². The van der Waals surface area contributed by atoms with Gasteiger partial charge >= 0.3 is 0 Å². The zero-order chi connectivity index (χ0) is 22.6.